The molecule has 1 N–H and O–H groups in total. The summed E-state index contributed by atoms with van der Waals surface area (Å²) in [5.74, 6) is -0.786. The van der Waals surface area contributed by atoms with Crippen molar-refractivity contribution in [2.45, 2.75) is 24.4 Å². The van der Waals surface area contributed by atoms with E-state index in [1.54, 1.807) is 24.3 Å². The van der Waals surface area contributed by atoms with Crippen molar-refractivity contribution in [3.63, 3.8) is 0 Å². The molecule has 180 valence electrons. The van der Waals surface area contributed by atoms with Crippen LogP contribution in [0, 0.1) is 0 Å². The van der Waals surface area contributed by atoms with Gasteiger partial charge in [-0.05, 0) is 42.0 Å². The second-order valence-electron chi connectivity index (χ2n) is 7.72. The van der Waals surface area contributed by atoms with Gasteiger partial charge >= 0.3 is 6.18 Å². The first-order chi connectivity index (χ1) is 16.7. The van der Waals surface area contributed by atoms with E-state index in [0.29, 0.717) is 10.7 Å². The van der Waals surface area contributed by atoms with Crippen LogP contribution in [-0.2, 0) is 22.3 Å². The number of amidine groups is 1. The lowest BCUT2D eigenvalue weighted by atomic mass is 10.2. The zero-order valence-corrected chi connectivity index (χ0v) is 19.7. The van der Waals surface area contributed by atoms with E-state index in [1.807, 2.05) is 30.3 Å². The number of hydrogen-bond donors (Lipinski definition) is 1. The van der Waals surface area contributed by atoms with Crippen molar-refractivity contribution in [2.24, 2.45) is 4.99 Å². The largest absolute Gasteiger partial charge is 0.416 e. The van der Waals surface area contributed by atoms with Gasteiger partial charge in [-0.15, -0.1) is 0 Å². The minimum Gasteiger partial charge on any atom is -0.325 e. The molecule has 0 bridgehead atoms. The Balaban J connectivity index is 1.64. The van der Waals surface area contributed by atoms with E-state index in [1.165, 1.54) is 17.0 Å². The summed E-state index contributed by atoms with van der Waals surface area (Å²) in [6.45, 7) is 0.174. The van der Waals surface area contributed by atoms with Crippen LogP contribution in [0.3, 0.4) is 0 Å². The van der Waals surface area contributed by atoms with Crippen LogP contribution in [0.4, 0.5) is 24.5 Å². The number of thioether (sulfide) groups is 1. The molecule has 5 nitrogen and oxygen atoms in total. The van der Waals surface area contributed by atoms with Gasteiger partial charge < -0.3 is 5.32 Å². The average Bonchev–Trinajstić information content (AvgIpc) is 2.81. The Bertz CT molecular complexity index is 1270. The van der Waals surface area contributed by atoms with Crippen molar-refractivity contribution in [3.8, 4) is 0 Å². The number of anilines is 1. The number of alkyl halides is 3. The van der Waals surface area contributed by atoms with Crippen molar-refractivity contribution in [3.05, 3.63) is 95.0 Å². The zero-order chi connectivity index (χ0) is 25.0. The van der Waals surface area contributed by atoms with Gasteiger partial charge in [0.2, 0.25) is 11.8 Å². The number of hydrogen-bond acceptors (Lipinski definition) is 4. The normalized spacial score (nSPS) is 17.5. The average molecular weight is 518 g/mol. The summed E-state index contributed by atoms with van der Waals surface area (Å²) in [6.07, 6.45) is -4.62. The smallest absolute Gasteiger partial charge is 0.325 e. The molecule has 10 heteroatoms. The van der Waals surface area contributed by atoms with Gasteiger partial charge in [-0.25, -0.2) is 4.99 Å². The molecule has 0 aliphatic carbocycles. The fourth-order valence-corrected chi connectivity index (χ4v) is 4.70. The van der Waals surface area contributed by atoms with Gasteiger partial charge in [0.15, 0.2) is 5.17 Å². The molecule has 0 unspecified atom stereocenters. The Kier molecular flexibility index (Phi) is 7.47. The molecule has 3 aromatic carbocycles. The molecule has 1 heterocycles. The molecular formula is C25H19ClF3N3O2S. The number of carbonyl (C=O) groups excluding carboxylic acids is 2. The Morgan fingerprint density at radius 3 is 2.51 bits per heavy atom. The lowest BCUT2D eigenvalue weighted by molar-refractivity contribution is -0.137. The number of benzene rings is 3. The van der Waals surface area contributed by atoms with E-state index < -0.39 is 22.9 Å². The number of nitrogens with zero attached hydrogens (tertiary/aromatic N) is 2. The number of aliphatic imine (C=N–C) groups is 1. The van der Waals surface area contributed by atoms with Crippen molar-refractivity contribution in [1.29, 1.82) is 0 Å². The fraction of sp³-hybridized carbons (Fsp3) is 0.160. The highest BCUT2D eigenvalue weighted by Gasteiger charge is 2.36. The molecule has 0 aromatic heterocycles. The number of carbonyl (C=O) groups is 2. The predicted molar refractivity (Wildman–Crippen MR) is 132 cm³/mol. The summed E-state index contributed by atoms with van der Waals surface area (Å²) in [5.41, 5.74) is 0.471. The van der Waals surface area contributed by atoms with E-state index in [4.69, 9.17) is 11.6 Å². The molecule has 4 rings (SSSR count). The lowest BCUT2D eigenvalue weighted by Gasteiger charge is -2.32. The van der Waals surface area contributed by atoms with Crippen LogP contribution < -0.4 is 5.32 Å². The minimum absolute atomic E-state index is 0.0316. The van der Waals surface area contributed by atoms with Gasteiger partial charge in [0.25, 0.3) is 0 Å². The Morgan fingerprint density at radius 2 is 1.80 bits per heavy atom. The summed E-state index contributed by atoms with van der Waals surface area (Å²) in [5, 5.41) is 2.50. The van der Waals surface area contributed by atoms with Crippen LogP contribution in [0.1, 0.15) is 17.5 Å². The maximum Gasteiger partial charge on any atom is 0.416 e. The highest BCUT2D eigenvalue weighted by Crippen LogP contribution is 2.34. The molecule has 1 saturated heterocycles. The quantitative estimate of drug-likeness (QED) is 0.419. The standard InChI is InChI=1S/C25H19ClF3N3O2S/c26-18-9-5-11-20(13-18)30-23(34)21-14-22(33)32(15-16-6-2-1-3-7-16)24(35-21)31-19-10-4-8-17(12-19)25(27,28)29/h1-13,21H,14-15H2,(H,30,34)/t21-/m0/s1. The van der Waals surface area contributed by atoms with Crippen LogP contribution in [0.2, 0.25) is 5.02 Å². The van der Waals surface area contributed by atoms with Crippen molar-refractivity contribution in [2.75, 3.05) is 5.32 Å². The number of halogens is 4. The number of rotatable bonds is 5. The van der Waals surface area contributed by atoms with Crippen LogP contribution in [0.25, 0.3) is 0 Å². The van der Waals surface area contributed by atoms with E-state index >= 15 is 0 Å². The van der Waals surface area contributed by atoms with Crippen molar-refractivity contribution in [1.82, 2.24) is 4.90 Å². The molecule has 1 aliphatic heterocycles. The minimum atomic E-state index is -4.53. The second kappa shape index (κ2) is 10.5. The Morgan fingerprint density at radius 1 is 1.06 bits per heavy atom. The van der Waals surface area contributed by atoms with Gasteiger partial charge in [0, 0.05) is 17.1 Å². The fourth-order valence-electron chi connectivity index (χ4n) is 3.41. The lowest BCUT2D eigenvalue weighted by Crippen LogP contribution is -2.44. The third kappa shape index (κ3) is 6.43. The highest BCUT2D eigenvalue weighted by molar-refractivity contribution is 8.15. The molecule has 0 saturated carbocycles. The molecule has 2 amide bonds. The molecule has 0 spiro atoms. The van der Waals surface area contributed by atoms with Crippen LogP contribution in [-0.4, -0.2) is 27.1 Å². The molecule has 1 fully saturated rings. The van der Waals surface area contributed by atoms with E-state index in [-0.39, 0.29) is 29.7 Å². The van der Waals surface area contributed by atoms with Gasteiger partial charge in [-0.3, -0.25) is 14.5 Å². The number of nitrogens with one attached hydrogen (secondary N) is 1. The third-order valence-corrected chi connectivity index (χ3v) is 6.53. The van der Waals surface area contributed by atoms with E-state index in [9.17, 15) is 22.8 Å². The monoisotopic (exact) mass is 517 g/mol. The summed E-state index contributed by atoms with van der Waals surface area (Å²) < 4.78 is 39.6. The summed E-state index contributed by atoms with van der Waals surface area (Å²) >= 11 is 7.01. The Hall–Kier alpha value is -3.30. The third-order valence-electron chi connectivity index (χ3n) is 5.11. The highest BCUT2D eigenvalue weighted by atomic mass is 35.5. The van der Waals surface area contributed by atoms with Crippen molar-refractivity contribution >= 4 is 51.7 Å². The van der Waals surface area contributed by atoms with E-state index in [0.717, 1.165) is 29.5 Å². The molecular weight excluding hydrogens is 499 g/mol. The van der Waals surface area contributed by atoms with Crippen molar-refractivity contribution < 1.29 is 22.8 Å². The van der Waals surface area contributed by atoms with Crippen LogP contribution >= 0.6 is 23.4 Å². The predicted octanol–water partition coefficient (Wildman–Crippen LogP) is 6.52. The maximum absolute atomic E-state index is 13.2. The first-order valence-electron chi connectivity index (χ1n) is 10.5. The molecule has 1 atom stereocenters. The first kappa shape index (κ1) is 24.8. The van der Waals surface area contributed by atoms with Gasteiger partial charge in [-0.2, -0.15) is 13.2 Å². The Labute approximate surface area is 209 Å². The summed E-state index contributed by atoms with van der Waals surface area (Å²) in [4.78, 5) is 31.8. The van der Waals surface area contributed by atoms with Gasteiger partial charge in [0.05, 0.1) is 17.8 Å². The summed E-state index contributed by atoms with van der Waals surface area (Å²) in [6, 6.07) is 20.3. The maximum atomic E-state index is 13.2. The molecule has 1 aliphatic rings. The number of amides is 2. The van der Waals surface area contributed by atoms with Crippen LogP contribution in [0.15, 0.2) is 83.9 Å². The van der Waals surface area contributed by atoms with Gasteiger partial charge in [0.1, 0.15) is 5.25 Å². The molecule has 35 heavy (non-hydrogen) atoms. The van der Waals surface area contributed by atoms with E-state index in [2.05, 4.69) is 10.3 Å². The summed E-state index contributed by atoms with van der Waals surface area (Å²) in [7, 11) is 0. The zero-order valence-electron chi connectivity index (χ0n) is 18.1. The molecule has 0 radical (unpaired) electrons. The molecule has 3 aromatic rings. The topological polar surface area (TPSA) is 61.8 Å². The SMILES string of the molecule is O=C(Nc1cccc(Cl)c1)[C@@H]1CC(=O)N(Cc2ccccc2)C(=Nc2cccc(C(F)(F)F)c2)S1. The van der Waals surface area contributed by atoms with Crippen LogP contribution in [0.5, 0.6) is 0 Å². The first-order valence-corrected chi connectivity index (χ1v) is 11.8. The second-order valence-corrected chi connectivity index (χ2v) is 9.32. The van der Waals surface area contributed by atoms with Gasteiger partial charge in [-0.1, -0.05) is 65.8 Å².